The summed E-state index contributed by atoms with van der Waals surface area (Å²) in [6.07, 6.45) is 0.362. The summed E-state index contributed by atoms with van der Waals surface area (Å²) in [5.74, 6) is 0.922. The van der Waals surface area contributed by atoms with Crippen molar-refractivity contribution in [3.63, 3.8) is 0 Å². The molecule has 0 saturated carbocycles. The molecule has 5 nitrogen and oxygen atoms in total. The first-order valence-corrected chi connectivity index (χ1v) is 6.45. The Bertz CT molecular complexity index is 464. The third-order valence-electron chi connectivity index (χ3n) is 3.47. The van der Waals surface area contributed by atoms with E-state index in [9.17, 15) is 5.11 Å². The molecule has 19 heavy (non-hydrogen) atoms. The summed E-state index contributed by atoms with van der Waals surface area (Å²) in [6, 6.07) is 7.30. The number of phenolic OH excluding ortho intramolecular Hbond substituents is 1. The van der Waals surface area contributed by atoms with E-state index in [1.807, 2.05) is 6.07 Å². The Labute approximate surface area is 113 Å². The summed E-state index contributed by atoms with van der Waals surface area (Å²) < 4.78 is 5.20. The number of nitrogens with zero attached hydrogens (tertiary/aromatic N) is 2. The van der Waals surface area contributed by atoms with Crippen LogP contribution in [0.5, 0.6) is 11.5 Å². The molecule has 5 heteroatoms. The standard InChI is InChI=1S/C14H19N3O2/c1-19-11-2-3-14(18)12(10-11)13(4-5-15)17-8-6-16-7-9-17/h2-3,10,13,16,18H,4,6-9H2,1H3/t13-/m0/s1. The predicted molar refractivity (Wildman–Crippen MR) is 72.1 cm³/mol. The summed E-state index contributed by atoms with van der Waals surface area (Å²) in [5, 5.41) is 22.4. The van der Waals surface area contributed by atoms with Gasteiger partial charge in [-0.25, -0.2) is 0 Å². The fraction of sp³-hybridized carbons (Fsp3) is 0.500. The number of rotatable bonds is 4. The lowest BCUT2D eigenvalue weighted by molar-refractivity contribution is 0.173. The SMILES string of the molecule is COc1ccc(O)c([C@H](CC#N)N2CCNCC2)c1. The van der Waals surface area contributed by atoms with Crippen molar-refractivity contribution in [3.8, 4) is 17.6 Å². The van der Waals surface area contributed by atoms with Gasteiger partial charge in [0.15, 0.2) is 0 Å². The van der Waals surface area contributed by atoms with Crippen molar-refractivity contribution in [2.24, 2.45) is 0 Å². The highest BCUT2D eigenvalue weighted by Gasteiger charge is 2.24. The number of aromatic hydroxyl groups is 1. The van der Waals surface area contributed by atoms with Gasteiger partial charge in [0, 0.05) is 31.7 Å². The largest absolute Gasteiger partial charge is 0.508 e. The number of piperazine rings is 1. The maximum atomic E-state index is 10.1. The van der Waals surface area contributed by atoms with E-state index in [1.54, 1.807) is 19.2 Å². The second kappa shape index (κ2) is 6.41. The van der Waals surface area contributed by atoms with Gasteiger partial charge >= 0.3 is 0 Å². The summed E-state index contributed by atoms with van der Waals surface area (Å²) in [6.45, 7) is 3.57. The molecule has 1 fully saturated rings. The van der Waals surface area contributed by atoms with E-state index in [0.717, 1.165) is 31.7 Å². The van der Waals surface area contributed by atoms with Crippen LogP contribution in [0.1, 0.15) is 18.0 Å². The molecule has 0 aromatic heterocycles. The highest BCUT2D eigenvalue weighted by molar-refractivity contribution is 5.41. The van der Waals surface area contributed by atoms with E-state index in [-0.39, 0.29) is 11.8 Å². The van der Waals surface area contributed by atoms with Crippen molar-refractivity contribution in [1.82, 2.24) is 10.2 Å². The van der Waals surface area contributed by atoms with Crippen molar-refractivity contribution in [3.05, 3.63) is 23.8 Å². The van der Waals surface area contributed by atoms with Crippen molar-refractivity contribution in [2.75, 3.05) is 33.3 Å². The molecule has 0 unspecified atom stereocenters. The smallest absolute Gasteiger partial charge is 0.120 e. The zero-order chi connectivity index (χ0) is 13.7. The molecule has 102 valence electrons. The molecule has 0 bridgehead atoms. The lowest BCUT2D eigenvalue weighted by Gasteiger charge is -2.34. The van der Waals surface area contributed by atoms with Crippen LogP contribution >= 0.6 is 0 Å². The van der Waals surface area contributed by atoms with Crippen LogP contribution in [0.25, 0.3) is 0 Å². The zero-order valence-electron chi connectivity index (χ0n) is 11.1. The average molecular weight is 261 g/mol. The third-order valence-corrected chi connectivity index (χ3v) is 3.47. The summed E-state index contributed by atoms with van der Waals surface area (Å²) in [7, 11) is 1.60. The van der Waals surface area contributed by atoms with E-state index in [2.05, 4.69) is 16.3 Å². The molecule has 1 aromatic carbocycles. The van der Waals surface area contributed by atoms with Crippen molar-refractivity contribution < 1.29 is 9.84 Å². The van der Waals surface area contributed by atoms with Crippen LogP contribution in [0.3, 0.4) is 0 Å². The van der Waals surface area contributed by atoms with Crippen molar-refractivity contribution >= 4 is 0 Å². The van der Waals surface area contributed by atoms with Gasteiger partial charge in [0.25, 0.3) is 0 Å². The lowest BCUT2D eigenvalue weighted by Crippen LogP contribution is -2.45. The highest BCUT2D eigenvalue weighted by Crippen LogP contribution is 2.33. The Morgan fingerprint density at radius 1 is 1.47 bits per heavy atom. The minimum absolute atomic E-state index is 0.0813. The molecule has 0 amide bonds. The number of ether oxygens (including phenoxy) is 1. The Balaban J connectivity index is 2.29. The van der Waals surface area contributed by atoms with E-state index in [1.165, 1.54) is 0 Å². The van der Waals surface area contributed by atoms with Gasteiger partial charge in [-0.1, -0.05) is 0 Å². The minimum atomic E-state index is -0.0813. The van der Waals surface area contributed by atoms with Crippen LogP contribution in [0.4, 0.5) is 0 Å². The zero-order valence-corrected chi connectivity index (χ0v) is 11.1. The molecule has 1 aliphatic rings. The molecular formula is C14H19N3O2. The van der Waals surface area contributed by atoms with Crippen LogP contribution in [-0.4, -0.2) is 43.3 Å². The maximum absolute atomic E-state index is 10.1. The fourth-order valence-electron chi connectivity index (χ4n) is 2.44. The topological polar surface area (TPSA) is 68.5 Å². The van der Waals surface area contributed by atoms with E-state index >= 15 is 0 Å². The van der Waals surface area contributed by atoms with Gasteiger partial charge < -0.3 is 15.2 Å². The average Bonchev–Trinajstić information content (AvgIpc) is 2.47. The molecule has 2 N–H and O–H groups in total. The van der Waals surface area contributed by atoms with Gasteiger partial charge in [-0.2, -0.15) is 5.26 Å². The summed E-state index contributed by atoms with van der Waals surface area (Å²) in [4.78, 5) is 2.23. The Morgan fingerprint density at radius 3 is 2.84 bits per heavy atom. The number of methoxy groups -OCH3 is 1. The number of nitriles is 1. The van der Waals surface area contributed by atoms with Crippen LogP contribution in [0.15, 0.2) is 18.2 Å². The molecule has 1 aliphatic heterocycles. The predicted octanol–water partition coefficient (Wildman–Crippen LogP) is 1.26. The monoisotopic (exact) mass is 261 g/mol. The van der Waals surface area contributed by atoms with Crippen LogP contribution in [0, 0.1) is 11.3 Å². The number of nitrogens with one attached hydrogen (secondary N) is 1. The van der Waals surface area contributed by atoms with Gasteiger partial charge in [0.05, 0.1) is 25.6 Å². The van der Waals surface area contributed by atoms with E-state index in [0.29, 0.717) is 12.2 Å². The minimum Gasteiger partial charge on any atom is -0.508 e. The van der Waals surface area contributed by atoms with Crippen molar-refractivity contribution in [2.45, 2.75) is 12.5 Å². The first-order chi connectivity index (χ1) is 9.26. The second-order valence-electron chi connectivity index (χ2n) is 4.59. The first-order valence-electron chi connectivity index (χ1n) is 6.45. The fourth-order valence-corrected chi connectivity index (χ4v) is 2.44. The molecule has 0 aliphatic carbocycles. The first kappa shape index (κ1) is 13.7. The molecule has 0 spiro atoms. The summed E-state index contributed by atoms with van der Waals surface area (Å²) >= 11 is 0. The number of hydrogen-bond donors (Lipinski definition) is 2. The Morgan fingerprint density at radius 2 is 2.21 bits per heavy atom. The van der Waals surface area contributed by atoms with Gasteiger partial charge in [-0.05, 0) is 18.2 Å². The number of benzene rings is 1. The highest BCUT2D eigenvalue weighted by atomic mass is 16.5. The van der Waals surface area contributed by atoms with Gasteiger partial charge in [0.1, 0.15) is 11.5 Å². The van der Waals surface area contributed by atoms with Gasteiger partial charge in [-0.15, -0.1) is 0 Å². The molecule has 1 saturated heterocycles. The molecule has 1 heterocycles. The maximum Gasteiger partial charge on any atom is 0.120 e. The van der Waals surface area contributed by atoms with Gasteiger partial charge in [0.2, 0.25) is 0 Å². The second-order valence-corrected chi connectivity index (χ2v) is 4.59. The number of phenols is 1. The third kappa shape index (κ3) is 3.16. The van der Waals surface area contributed by atoms with Crippen LogP contribution in [0.2, 0.25) is 0 Å². The lowest BCUT2D eigenvalue weighted by atomic mass is 10.0. The Hall–Kier alpha value is -1.77. The van der Waals surface area contributed by atoms with E-state index < -0.39 is 0 Å². The normalized spacial score (nSPS) is 17.7. The van der Waals surface area contributed by atoms with Gasteiger partial charge in [-0.3, -0.25) is 4.90 Å². The molecule has 1 aromatic rings. The van der Waals surface area contributed by atoms with Crippen LogP contribution < -0.4 is 10.1 Å². The van der Waals surface area contributed by atoms with Crippen LogP contribution in [-0.2, 0) is 0 Å². The molecule has 1 atom stereocenters. The number of hydrogen-bond acceptors (Lipinski definition) is 5. The van der Waals surface area contributed by atoms with E-state index in [4.69, 9.17) is 10.00 Å². The molecule has 0 radical (unpaired) electrons. The Kier molecular flexibility index (Phi) is 4.61. The molecule has 2 rings (SSSR count). The summed E-state index contributed by atoms with van der Waals surface area (Å²) in [5.41, 5.74) is 0.766. The molecular weight excluding hydrogens is 242 g/mol. The van der Waals surface area contributed by atoms with Crippen molar-refractivity contribution in [1.29, 1.82) is 5.26 Å². The quantitative estimate of drug-likeness (QED) is 0.854.